The lowest BCUT2D eigenvalue weighted by Crippen LogP contribution is -1.96. The maximum Gasteiger partial charge on any atom is 0.116 e. The topological polar surface area (TPSA) is 20.2 Å². The van der Waals surface area contributed by atoms with Crippen molar-refractivity contribution in [1.82, 2.24) is 0 Å². The minimum atomic E-state index is 0.298. The summed E-state index contributed by atoms with van der Waals surface area (Å²) in [4.78, 5) is 0. The van der Waals surface area contributed by atoms with Crippen molar-refractivity contribution >= 4 is 0 Å². The molecule has 0 spiro atoms. The maximum atomic E-state index is 9.90. The molecule has 1 nitrogen and oxygen atoms in total. The zero-order chi connectivity index (χ0) is 18.5. The van der Waals surface area contributed by atoms with Gasteiger partial charge >= 0.3 is 0 Å². The third kappa shape index (κ3) is 4.27. The second kappa shape index (κ2) is 7.92. The highest BCUT2D eigenvalue weighted by atomic mass is 16.3. The third-order valence-corrected chi connectivity index (χ3v) is 4.82. The SMILES string of the molecule is Oc1cccc(-c2ccc(Cc3ccccc3)cc2Cc2ccccc2)c1. The van der Waals surface area contributed by atoms with Crippen LogP contribution in [0.2, 0.25) is 0 Å². The molecule has 0 aliphatic rings. The Bertz CT molecular complexity index is 1020. The Balaban J connectivity index is 1.73. The highest BCUT2D eigenvalue weighted by Gasteiger charge is 2.09. The molecule has 1 N–H and O–H groups in total. The minimum Gasteiger partial charge on any atom is -0.508 e. The van der Waals surface area contributed by atoms with Crippen molar-refractivity contribution in [1.29, 1.82) is 0 Å². The predicted molar refractivity (Wildman–Crippen MR) is 112 cm³/mol. The van der Waals surface area contributed by atoms with E-state index in [9.17, 15) is 5.11 Å². The van der Waals surface area contributed by atoms with Crippen LogP contribution in [0.5, 0.6) is 5.75 Å². The largest absolute Gasteiger partial charge is 0.508 e. The summed E-state index contributed by atoms with van der Waals surface area (Å²) in [6.07, 6.45) is 1.79. The summed E-state index contributed by atoms with van der Waals surface area (Å²) in [7, 11) is 0. The first-order chi connectivity index (χ1) is 13.3. The maximum absolute atomic E-state index is 9.90. The molecule has 0 radical (unpaired) electrons. The lowest BCUT2D eigenvalue weighted by Gasteiger charge is -2.13. The number of rotatable bonds is 5. The number of benzene rings is 4. The molecule has 4 rings (SSSR count). The van der Waals surface area contributed by atoms with Crippen molar-refractivity contribution < 1.29 is 5.11 Å². The summed E-state index contributed by atoms with van der Waals surface area (Å²) in [5, 5.41) is 9.90. The zero-order valence-electron chi connectivity index (χ0n) is 15.2. The lowest BCUT2D eigenvalue weighted by atomic mass is 9.91. The molecule has 0 aliphatic carbocycles. The molecule has 0 saturated carbocycles. The molecule has 132 valence electrons. The molecular formula is C26H22O. The Morgan fingerprint density at radius 1 is 0.519 bits per heavy atom. The second-order valence-corrected chi connectivity index (χ2v) is 6.87. The van der Waals surface area contributed by atoms with Crippen LogP contribution in [-0.2, 0) is 12.8 Å². The van der Waals surface area contributed by atoms with Gasteiger partial charge in [0.15, 0.2) is 0 Å². The van der Waals surface area contributed by atoms with Crippen LogP contribution in [0.15, 0.2) is 103 Å². The minimum absolute atomic E-state index is 0.298. The van der Waals surface area contributed by atoms with Gasteiger partial charge in [-0.15, -0.1) is 0 Å². The van der Waals surface area contributed by atoms with Crippen LogP contribution in [0.1, 0.15) is 22.3 Å². The molecule has 0 heterocycles. The van der Waals surface area contributed by atoms with Gasteiger partial charge in [0.25, 0.3) is 0 Å². The molecule has 4 aromatic rings. The van der Waals surface area contributed by atoms with Crippen LogP contribution >= 0.6 is 0 Å². The molecular weight excluding hydrogens is 328 g/mol. The Labute approximate surface area is 160 Å². The molecule has 0 unspecified atom stereocenters. The fraction of sp³-hybridized carbons (Fsp3) is 0.0769. The fourth-order valence-corrected chi connectivity index (χ4v) is 3.51. The van der Waals surface area contributed by atoms with Gasteiger partial charge in [0.1, 0.15) is 5.75 Å². The van der Waals surface area contributed by atoms with Gasteiger partial charge in [0.05, 0.1) is 0 Å². The van der Waals surface area contributed by atoms with Crippen LogP contribution in [0.3, 0.4) is 0 Å². The smallest absolute Gasteiger partial charge is 0.116 e. The van der Waals surface area contributed by atoms with Gasteiger partial charge in [-0.1, -0.05) is 91.0 Å². The van der Waals surface area contributed by atoms with Crippen molar-refractivity contribution in [2.24, 2.45) is 0 Å². The van der Waals surface area contributed by atoms with Crippen LogP contribution in [0.4, 0.5) is 0 Å². The van der Waals surface area contributed by atoms with E-state index in [4.69, 9.17) is 0 Å². The average Bonchev–Trinajstić information content (AvgIpc) is 2.70. The first-order valence-corrected chi connectivity index (χ1v) is 9.27. The van der Waals surface area contributed by atoms with Crippen LogP contribution in [-0.4, -0.2) is 5.11 Å². The van der Waals surface area contributed by atoms with E-state index in [0.29, 0.717) is 5.75 Å². The highest BCUT2D eigenvalue weighted by Crippen LogP contribution is 2.29. The first kappa shape index (κ1) is 17.1. The predicted octanol–water partition coefficient (Wildman–Crippen LogP) is 6.24. The molecule has 1 heteroatoms. The van der Waals surface area contributed by atoms with Gasteiger partial charge in [0, 0.05) is 0 Å². The molecule has 0 aliphatic heterocycles. The van der Waals surface area contributed by atoms with Crippen molar-refractivity contribution in [3.8, 4) is 16.9 Å². The molecule has 0 fully saturated rings. The summed E-state index contributed by atoms with van der Waals surface area (Å²) in [5.74, 6) is 0.298. The van der Waals surface area contributed by atoms with Gasteiger partial charge < -0.3 is 5.11 Å². The molecule has 0 saturated heterocycles. The van der Waals surface area contributed by atoms with Gasteiger partial charge in [0.2, 0.25) is 0 Å². The first-order valence-electron chi connectivity index (χ1n) is 9.27. The summed E-state index contributed by atoms with van der Waals surface area (Å²) < 4.78 is 0. The average molecular weight is 350 g/mol. The second-order valence-electron chi connectivity index (χ2n) is 6.87. The summed E-state index contributed by atoms with van der Waals surface area (Å²) in [5.41, 5.74) is 7.40. The number of aromatic hydroxyl groups is 1. The standard InChI is InChI=1S/C26H22O/c27-25-13-7-12-23(19-25)26-15-14-22(16-20-8-3-1-4-9-20)18-24(26)17-21-10-5-2-6-11-21/h1-15,18-19,27H,16-17H2. The van der Waals surface area contributed by atoms with E-state index in [0.717, 1.165) is 18.4 Å². The Kier molecular flexibility index (Phi) is 5.02. The van der Waals surface area contributed by atoms with Gasteiger partial charge in [-0.25, -0.2) is 0 Å². The van der Waals surface area contributed by atoms with Gasteiger partial charge in [-0.3, -0.25) is 0 Å². The van der Waals surface area contributed by atoms with Crippen molar-refractivity contribution in [2.45, 2.75) is 12.8 Å². The van der Waals surface area contributed by atoms with E-state index in [1.165, 1.54) is 27.8 Å². The molecule has 27 heavy (non-hydrogen) atoms. The quantitative estimate of drug-likeness (QED) is 0.451. The lowest BCUT2D eigenvalue weighted by molar-refractivity contribution is 0.475. The molecule has 0 atom stereocenters. The zero-order valence-corrected chi connectivity index (χ0v) is 15.2. The molecule has 0 bridgehead atoms. The Morgan fingerprint density at radius 2 is 1.19 bits per heavy atom. The van der Waals surface area contributed by atoms with E-state index >= 15 is 0 Å². The van der Waals surface area contributed by atoms with Crippen LogP contribution < -0.4 is 0 Å². The van der Waals surface area contributed by atoms with E-state index in [2.05, 4.69) is 78.9 Å². The normalized spacial score (nSPS) is 10.7. The summed E-state index contributed by atoms with van der Waals surface area (Å²) >= 11 is 0. The monoisotopic (exact) mass is 350 g/mol. The Hall–Kier alpha value is -3.32. The number of hydrogen-bond acceptors (Lipinski definition) is 1. The van der Waals surface area contributed by atoms with Gasteiger partial charge in [-0.05, 0) is 58.4 Å². The van der Waals surface area contributed by atoms with Gasteiger partial charge in [-0.2, -0.15) is 0 Å². The van der Waals surface area contributed by atoms with Crippen LogP contribution in [0.25, 0.3) is 11.1 Å². The van der Waals surface area contributed by atoms with Crippen molar-refractivity contribution in [3.05, 3.63) is 125 Å². The molecule has 0 amide bonds. The highest BCUT2D eigenvalue weighted by molar-refractivity contribution is 5.69. The number of hydrogen-bond donors (Lipinski definition) is 1. The van der Waals surface area contributed by atoms with Crippen LogP contribution in [0, 0.1) is 0 Å². The Morgan fingerprint density at radius 3 is 1.85 bits per heavy atom. The summed E-state index contributed by atoms with van der Waals surface area (Å²) in [6, 6.07) is 35.3. The number of phenolic OH excluding ortho intramolecular Hbond substituents is 1. The summed E-state index contributed by atoms with van der Waals surface area (Å²) in [6.45, 7) is 0. The van der Waals surface area contributed by atoms with E-state index in [-0.39, 0.29) is 0 Å². The fourth-order valence-electron chi connectivity index (χ4n) is 3.51. The van der Waals surface area contributed by atoms with E-state index < -0.39 is 0 Å². The van der Waals surface area contributed by atoms with E-state index in [1.807, 2.05) is 18.2 Å². The van der Waals surface area contributed by atoms with E-state index in [1.54, 1.807) is 6.07 Å². The third-order valence-electron chi connectivity index (χ3n) is 4.82. The number of phenols is 1. The molecule has 4 aromatic carbocycles. The molecule has 0 aromatic heterocycles. The van der Waals surface area contributed by atoms with Crippen molar-refractivity contribution in [2.75, 3.05) is 0 Å². The van der Waals surface area contributed by atoms with Crippen molar-refractivity contribution in [3.63, 3.8) is 0 Å².